The maximum atomic E-state index is 13.5. The van der Waals surface area contributed by atoms with E-state index in [-0.39, 0.29) is 12.2 Å². The molecule has 4 nitrogen and oxygen atoms in total. The van der Waals surface area contributed by atoms with Gasteiger partial charge in [-0.1, -0.05) is 67.3 Å². The van der Waals surface area contributed by atoms with Gasteiger partial charge in [0.1, 0.15) is 0 Å². The second kappa shape index (κ2) is 8.94. The van der Waals surface area contributed by atoms with Crippen LogP contribution < -0.4 is 0 Å². The van der Waals surface area contributed by atoms with Crippen LogP contribution in [0.5, 0.6) is 0 Å². The van der Waals surface area contributed by atoms with Crippen LogP contribution in [-0.4, -0.2) is 32.0 Å². The number of benzene rings is 2. The standard InChI is InChI=1S/C25H31NO3S/c1-19-13-15-22(16-14-19)30(27,28)26(2)25-23(20-9-5-3-6-10-20)17-18-24(25)29-21-11-7-4-8-12-21/h3,5-6,9-10,13-16,21,24H,4,7-8,11-12,17-18H2,1-2H3/t24-/m1/s1. The van der Waals surface area contributed by atoms with Gasteiger partial charge in [0.15, 0.2) is 0 Å². The summed E-state index contributed by atoms with van der Waals surface area (Å²) in [6, 6.07) is 17.2. The highest BCUT2D eigenvalue weighted by Gasteiger charge is 2.36. The van der Waals surface area contributed by atoms with Gasteiger partial charge in [-0.05, 0) is 55.9 Å². The van der Waals surface area contributed by atoms with Crippen molar-refractivity contribution in [2.24, 2.45) is 0 Å². The van der Waals surface area contributed by atoms with E-state index >= 15 is 0 Å². The third-order valence-electron chi connectivity index (χ3n) is 6.32. The molecule has 160 valence electrons. The number of likely N-dealkylation sites (N-methyl/N-ethyl adjacent to an activating group) is 1. The molecule has 4 rings (SSSR count). The largest absolute Gasteiger partial charge is 0.369 e. The fraction of sp³-hybridized carbons (Fsp3) is 0.440. The molecule has 0 N–H and O–H groups in total. The first-order valence-electron chi connectivity index (χ1n) is 11.0. The van der Waals surface area contributed by atoms with Crippen molar-refractivity contribution in [2.75, 3.05) is 7.05 Å². The van der Waals surface area contributed by atoms with E-state index in [9.17, 15) is 8.42 Å². The fourth-order valence-electron chi connectivity index (χ4n) is 4.62. The first kappa shape index (κ1) is 21.1. The Morgan fingerprint density at radius 1 is 0.900 bits per heavy atom. The van der Waals surface area contributed by atoms with Crippen LogP contribution in [0.25, 0.3) is 5.57 Å². The summed E-state index contributed by atoms with van der Waals surface area (Å²) in [5, 5.41) is 0. The molecular weight excluding hydrogens is 394 g/mol. The summed E-state index contributed by atoms with van der Waals surface area (Å²) in [5.41, 5.74) is 4.00. The molecule has 0 heterocycles. The van der Waals surface area contributed by atoms with E-state index in [0.29, 0.717) is 4.90 Å². The minimum atomic E-state index is -3.66. The molecule has 0 bridgehead atoms. The average Bonchev–Trinajstić information content (AvgIpc) is 3.18. The molecule has 0 amide bonds. The van der Waals surface area contributed by atoms with Gasteiger partial charge in [-0.25, -0.2) is 8.42 Å². The van der Waals surface area contributed by atoms with Crippen molar-refractivity contribution in [3.05, 3.63) is 71.4 Å². The number of allylic oxidation sites excluding steroid dienone is 1. The lowest BCUT2D eigenvalue weighted by Crippen LogP contribution is -2.34. The Hall–Kier alpha value is -2.11. The minimum Gasteiger partial charge on any atom is -0.369 e. The maximum Gasteiger partial charge on any atom is 0.263 e. The first-order chi connectivity index (χ1) is 14.5. The van der Waals surface area contributed by atoms with E-state index in [1.165, 1.54) is 23.6 Å². The van der Waals surface area contributed by atoms with E-state index in [2.05, 4.69) is 12.1 Å². The predicted octanol–water partition coefficient (Wildman–Crippen LogP) is 5.54. The Kier molecular flexibility index (Phi) is 6.30. The van der Waals surface area contributed by atoms with Gasteiger partial charge in [0.25, 0.3) is 10.0 Å². The number of aryl methyl sites for hydroxylation is 1. The molecule has 1 atom stereocenters. The molecule has 5 heteroatoms. The zero-order valence-electron chi connectivity index (χ0n) is 17.9. The van der Waals surface area contributed by atoms with Crippen LogP contribution in [-0.2, 0) is 14.8 Å². The lowest BCUT2D eigenvalue weighted by atomic mass is 9.97. The van der Waals surface area contributed by atoms with Gasteiger partial charge in [0.2, 0.25) is 0 Å². The maximum absolute atomic E-state index is 13.5. The molecular formula is C25H31NO3S. The normalized spacial score (nSPS) is 20.5. The molecule has 2 aliphatic carbocycles. The second-order valence-electron chi connectivity index (χ2n) is 8.44. The number of ether oxygens (including phenoxy) is 1. The molecule has 30 heavy (non-hydrogen) atoms. The van der Waals surface area contributed by atoms with Crippen LogP contribution in [0, 0.1) is 6.92 Å². The van der Waals surface area contributed by atoms with Gasteiger partial charge in [-0.2, -0.15) is 0 Å². The van der Waals surface area contributed by atoms with Gasteiger partial charge in [0, 0.05) is 7.05 Å². The van der Waals surface area contributed by atoms with Gasteiger partial charge < -0.3 is 4.74 Å². The molecule has 0 unspecified atom stereocenters. The summed E-state index contributed by atoms with van der Waals surface area (Å²) < 4.78 is 35.0. The van der Waals surface area contributed by atoms with E-state index < -0.39 is 10.0 Å². The van der Waals surface area contributed by atoms with Crippen LogP contribution in [0.15, 0.2) is 65.2 Å². The molecule has 2 aliphatic rings. The molecule has 0 spiro atoms. The Balaban J connectivity index is 1.71. The first-order valence-corrected chi connectivity index (χ1v) is 12.4. The van der Waals surface area contributed by atoms with Gasteiger partial charge >= 0.3 is 0 Å². The fourth-order valence-corrected chi connectivity index (χ4v) is 5.91. The molecule has 1 saturated carbocycles. The quantitative estimate of drug-likeness (QED) is 0.611. The van der Waals surface area contributed by atoms with Gasteiger partial charge in [-0.3, -0.25) is 4.31 Å². The number of rotatable bonds is 6. The molecule has 0 aliphatic heterocycles. The Morgan fingerprint density at radius 2 is 1.57 bits per heavy atom. The molecule has 2 aromatic rings. The topological polar surface area (TPSA) is 46.6 Å². The Labute approximate surface area is 180 Å². The molecule has 2 aromatic carbocycles. The van der Waals surface area contributed by atoms with Crippen molar-refractivity contribution >= 4 is 15.6 Å². The Morgan fingerprint density at radius 3 is 2.23 bits per heavy atom. The van der Waals surface area contributed by atoms with E-state index in [1.807, 2.05) is 37.3 Å². The minimum absolute atomic E-state index is 0.187. The van der Waals surface area contributed by atoms with Crippen molar-refractivity contribution in [3.63, 3.8) is 0 Å². The monoisotopic (exact) mass is 425 g/mol. The lowest BCUT2D eigenvalue weighted by molar-refractivity contribution is -0.0172. The van der Waals surface area contributed by atoms with Crippen LogP contribution in [0.4, 0.5) is 0 Å². The van der Waals surface area contributed by atoms with E-state index in [4.69, 9.17) is 4.74 Å². The highest BCUT2D eigenvalue weighted by atomic mass is 32.2. The number of nitrogens with zero attached hydrogens (tertiary/aromatic N) is 1. The summed E-state index contributed by atoms with van der Waals surface area (Å²) in [5.74, 6) is 0. The highest BCUT2D eigenvalue weighted by Crippen LogP contribution is 2.40. The summed E-state index contributed by atoms with van der Waals surface area (Å²) in [7, 11) is -1.98. The van der Waals surface area contributed by atoms with Crippen molar-refractivity contribution in [1.29, 1.82) is 0 Å². The van der Waals surface area contributed by atoms with Crippen molar-refractivity contribution in [3.8, 4) is 0 Å². The molecule has 0 aromatic heterocycles. The summed E-state index contributed by atoms with van der Waals surface area (Å²) in [4.78, 5) is 0.318. The summed E-state index contributed by atoms with van der Waals surface area (Å²) in [6.07, 6.45) is 7.48. The van der Waals surface area contributed by atoms with Crippen LogP contribution in [0.3, 0.4) is 0 Å². The van der Waals surface area contributed by atoms with E-state index in [1.54, 1.807) is 19.2 Å². The lowest BCUT2D eigenvalue weighted by Gasteiger charge is -2.31. The summed E-state index contributed by atoms with van der Waals surface area (Å²) in [6.45, 7) is 1.96. The van der Waals surface area contributed by atoms with Crippen molar-refractivity contribution in [2.45, 2.75) is 69.0 Å². The summed E-state index contributed by atoms with van der Waals surface area (Å²) >= 11 is 0. The predicted molar refractivity (Wildman–Crippen MR) is 120 cm³/mol. The number of sulfonamides is 1. The molecule has 1 fully saturated rings. The van der Waals surface area contributed by atoms with E-state index in [0.717, 1.165) is 48.1 Å². The number of hydrogen-bond donors (Lipinski definition) is 0. The third kappa shape index (κ3) is 4.33. The van der Waals surface area contributed by atoms with Crippen LogP contribution >= 0.6 is 0 Å². The van der Waals surface area contributed by atoms with Crippen molar-refractivity contribution in [1.82, 2.24) is 4.31 Å². The van der Waals surface area contributed by atoms with Crippen molar-refractivity contribution < 1.29 is 13.2 Å². The van der Waals surface area contributed by atoms with Gasteiger partial charge in [-0.15, -0.1) is 0 Å². The van der Waals surface area contributed by atoms with Crippen LogP contribution in [0.2, 0.25) is 0 Å². The smallest absolute Gasteiger partial charge is 0.263 e. The average molecular weight is 426 g/mol. The van der Waals surface area contributed by atoms with Gasteiger partial charge in [0.05, 0.1) is 22.8 Å². The Bertz CT molecular complexity index is 990. The van der Waals surface area contributed by atoms with Crippen LogP contribution in [0.1, 0.15) is 56.1 Å². The zero-order chi connectivity index (χ0) is 21.1. The highest BCUT2D eigenvalue weighted by molar-refractivity contribution is 7.89. The molecule has 0 saturated heterocycles. The zero-order valence-corrected chi connectivity index (χ0v) is 18.7. The molecule has 0 radical (unpaired) electrons. The number of hydrogen-bond acceptors (Lipinski definition) is 3. The SMILES string of the molecule is Cc1ccc(S(=O)(=O)N(C)C2=C(c3ccccc3)CC[C@H]2OC2CCCCC2)cc1. The second-order valence-corrected chi connectivity index (χ2v) is 10.4. The third-order valence-corrected chi connectivity index (χ3v) is 8.11.